The summed E-state index contributed by atoms with van der Waals surface area (Å²) in [5, 5.41) is 4.32. The minimum Gasteiger partial charge on any atom is -0.462 e. The highest BCUT2D eigenvalue weighted by Crippen LogP contribution is 2.31. The van der Waals surface area contributed by atoms with Gasteiger partial charge in [0.15, 0.2) is 0 Å². The fraction of sp³-hybridized carbons (Fsp3) is 0.238. The van der Waals surface area contributed by atoms with Crippen LogP contribution in [0.1, 0.15) is 34.0 Å². The van der Waals surface area contributed by atoms with Gasteiger partial charge < -0.3 is 10.1 Å². The maximum Gasteiger partial charge on any atom is 0.341 e. The van der Waals surface area contributed by atoms with Gasteiger partial charge in [0.05, 0.1) is 17.8 Å². The molecule has 3 rings (SSSR count). The summed E-state index contributed by atoms with van der Waals surface area (Å²) in [6.45, 7) is 8.29. The van der Waals surface area contributed by atoms with Gasteiger partial charge in [0.1, 0.15) is 5.56 Å². The van der Waals surface area contributed by atoms with Crippen LogP contribution in [-0.4, -0.2) is 17.6 Å². The zero-order chi connectivity index (χ0) is 18.0. The number of carbonyl (C=O) groups is 1. The van der Waals surface area contributed by atoms with Crippen LogP contribution in [0, 0.1) is 20.8 Å². The first-order valence-corrected chi connectivity index (χ1v) is 8.41. The Morgan fingerprint density at radius 2 is 1.88 bits per heavy atom. The van der Waals surface area contributed by atoms with E-state index in [0.29, 0.717) is 12.2 Å². The van der Waals surface area contributed by atoms with E-state index in [9.17, 15) is 4.79 Å². The van der Waals surface area contributed by atoms with Crippen LogP contribution in [0.25, 0.3) is 10.9 Å². The van der Waals surface area contributed by atoms with Gasteiger partial charge in [-0.1, -0.05) is 24.3 Å². The average molecular weight is 334 g/mol. The van der Waals surface area contributed by atoms with Crippen molar-refractivity contribution in [2.75, 3.05) is 11.9 Å². The van der Waals surface area contributed by atoms with E-state index in [0.717, 1.165) is 27.8 Å². The van der Waals surface area contributed by atoms with Crippen molar-refractivity contribution in [3.63, 3.8) is 0 Å². The molecule has 25 heavy (non-hydrogen) atoms. The number of para-hydroxylation sites is 1. The molecule has 3 aromatic rings. The van der Waals surface area contributed by atoms with Crippen LogP contribution < -0.4 is 5.32 Å². The summed E-state index contributed by atoms with van der Waals surface area (Å²) in [5.74, 6) is -0.371. The zero-order valence-corrected chi connectivity index (χ0v) is 15.0. The predicted octanol–water partition coefficient (Wildman–Crippen LogP) is 5.08. The van der Waals surface area contributed by atoms with E-state index >= 15 is 0 Å². The molecule has 1 heterocycles. The number of benzene rings is 2. The first-order valence-electron chi connectivity index (χ1n) is 8.41. The number of carbonyl (C=O) groups excluding carboxylic acids is 1. The van der Waals surface area contributed by atoms with E-state index in [1.165, 1.54) is 11.1 Å². The van der Waals surface area contributed by atoms with Crippen molar-refractivity contribution in [2.24, 2.45) is 0 Å². The average Bonchev–Trinajstić information content (AvgIpc) is 2.59. The summed E-state index contributed by atoms with van der Waals surface area (Å²) >= 11 is 0. The second-order valence-corrected chi connectivity index (χ2v) is 6.16. The number of hydrogen-bond donors (Lipinski definition) is 1. The SMILES string of the molecule is CCOC(=O)c1cnc2c(C)cccc2c1Nc1ccc(C)c(C)c1. The lowest BCUT2D eigenvalue weighted by Crippen LogP contribution is -2.09. The van der Waals surface area contributed by atoms with Crippen molar-refractivity contribution in [3.05, 3.63) is 64.8 Å². The summed E-state index contributed by atoms with van der Waals surface area (Å²) in [5.41, 5.74) is 6.47. The highest BCUT2D eigenvalue weighted by atomic mass is 16.5. The topological polar surface area (TPSA) is 51.2 Å². The number of aromatic nitrogens is 1. The van der Waals surface area contributed by atoms with Gasteiger partial charge in [-0.2, -0.15) is 0 Å². The zero-order valence-electron chi connectivity index (χ0n) is 15.0. The van der Waals surface area contributed by atoms with E-state index in [-0.39, 0.29) is 5.97 Å². The Hall–Kier alpha value is -2.88. The molecule has 0 aliphatic carbocycles. The molecule has 1 N–H and O–H groups in total. The third-order valence-electron chi connectivity index (χ3n) is 4.37. The van der Waals surface area contributed by atoms with Crippen molar-refractivity contribution in [1.82, 2.24) is 4.98 Å². The number of nitrogens with one attached hydrogen (secondary N) is 1. The quantitative estimate of drug-likeness (QED) is 0.676. The van der Waals surface area contributed by atoms with Crippen molar-refractivity contribution < 1.29 is 9.53 Å². The number of fused-ring (bicyclic) bond motifs is 1. The number of aryl methyl sites for hydroxylation is 3. The van der Waals surface area contributed by atoms with Gasteiger partial charge in [-0.05, 0) is 56.5 Å². The van der Waals surface area contributed by atoms with E-state index in [4.69, 9.17) is 4.74 Å². The van der Waals surface area contributed by atoms with Gasteiger partial charge >= 0.3 is 5.97 Å². The standard InChI is InChI=1S/C21H22N2O2/c1-5-25-21(24)18-12-22-19-14(3)7-6-8-17(19)20(18)23-16-10-9-13(2)15(4)11-16/h6-12H,5H2,1-4H3,(H,22,23). The monoisotopic (exact) mass is 334 g/mol. The van der Waals surface area contributed by atoms with Gasteiger partial charge in [0, 0.05) is 17.3 Å². The number of nitrogens with zero attached hydrogens (tertiary/aromatic N) is 1. The fourth-order valence-electron chi connectivity index (χ4n) is 2.83. The highest BCUT2D eigenvalue weighted by molar-refractivity contribution is 6.06. The lowest BCUT2D eigenvalue weighted by molar-refractivity contribution is 0.0527. The van der Waals surface area contributed by atoms with Gasteiger partial charge in [0.25, 0.3) is 0 Å². The number of hydrogen-bond acceptors (Lipinski definition) is 4. The smallest absolute Gasteiger partial charge is 0.341 e. The maximum atomic E-state index is 12.4. The molecule has 4 heteroatoms. The largest absolute Gasteiger partial charge is 0.462 e. The lowest BCUT2D eigenvalue weighted by atomic mass is 10.0. The lowest BCUT2D eigenvalue weighted by Gasteiger charge is -2.15. The molecule has 0 saturated carbocycles. The van der Waals surface area contributed by atoms with Crippen LogP contribution >= 0.6 is 0 Å². The molecule has 0 aliphatic rings. The molecule has 2 aromatic carbocycles. The van der Waals surface area contributed by atoms with Crippen LogP contribution in [0.3, 0.4) is 0 Å². The Morgan fingerprint density at radius 1 is 1.08 bits per heavy atom. The molecule has 1 aromatic heterocycles. The second kappa shape index (κ2) is 6.93. The molecule has 0 fully saturated rings. The van der Waals surface area contributed by atoms with Crippen LogP contribution in [0.15, 0.2) is 42.6 Å². The van der Waals surface area contributed by atoms with Crippen molar-refractivity contribution in [2.45, 2.75) is 27.7 Å². The normalized spacial score (nSPS) is 10.7. The first-order chi connectivity index (χ1) is 12.0. The molecule has 0 bridgehead atoms. The van der Waals surface area contributed by atoms with Gasteiger partial charge in [0.2, 0.25) is 0 Å². The first kappa shape index (κ1) is 17.0. The molecular weight excluding hydrogens is 312 g/mol. The highest BCUT2D eigenvalue weighted by Gasteiger charge is 2.17. The van der Waals surface area contributed by atoms with E-state index < -0.39 is 0 Å². The van der Waals surface area contributed by atoms with Crippen LogP contribution in [0.5, 0.6) is 0 Å². The molecular formula is C21H22N2O2. The number of anilines is 2. The minimum absolute atomic E-state index is 0.327. The van der Waals surface area contributed by atoms with E-state index in [1.807, 2.05) is 31.2 Å². The van der Waals surface area contributed by atoms with Crippen molar-refractivity contribution in [3.8, 4) is 0 Å². The van der Waals surface area contributed by atoms with Gasteiger partial charge in [-0.25, -0.2) is 4.79 Å². The summed E-state index contributed by atoms with van der Waals surface area (Å²) in [7, 11) is 0. The molecule has 0 aliphatic heterocycles. The summed E-state index contributed by atoms with van der Waals surface area (Å²) in [4.78, 5) is 16.9. The molecule has 0 atom stereocenters. The molecule has 0 amide bonds. The van der Waals surface area contributed by atoms with Gasteiger partial charge in [-0.15, -0.1) is 0 Å². The number of ether oxygens (including phenoxy) is 1. The maximum absolute atomic E-state index is 12.4. The molecule has 128 valence electrons. The number of rotatable bonds is 4. The van der Waals surface area contributed by atoms with Gasteiger partial charge in [-0.3, -0.25) is 4.98 Å². The van der Waals surface area contributed by atoms with E-state index in [2.05, 4.69) is 36.3 Å². The Labute approximate surface area is 147 Å². The summed E-state index contributed by atoms with van der Waals surface area (Å²) < 4.78 is 5.21. The summed E-state index contributed by atoms with van der Waals surface area (Å²) in [6.07, 6.45) is 1.59. The predicted molar refractivity (Wildman–Crippen MR) is 102 cm³/mol. The van der Waals surface area contributed by atoms with Crippen LogP contribution in [-0.2, 0) is 4.74 Å². The third kappa shape index (κ3) is 3.33. The van der Waals surface area contributed by atoms with E-state index in [1.54, 1.807) is 13.1 Å². The van der Waals surface area contributed by atoms with Crippen LogP contribution in [0.2, 0.25) is 0 Å². The third-order valence-corrected chi connectivity index (χ3v) is 4.37. The fourth-order valence-corrected chi connectivity index (χ4v) is 2.83. The Kier molecular flexibility index (Phi) is 4.70. The molecule has 4 nitrogen and oxygen atoms in total. The Bertz CT molecular complexity index is 948. The van der Waals surface area contributed by atoms with Crippen molar-refractivity contribution >= 4 is 28.2 Å². The summed E-state index contributed by atoms with van der Waals surface area (Å²) in [6, 6.07) is 12.1. The van der Waals surface area contributed by atoms with Crippen LogP contribution in [0.4, 0.5) is 11.4 Å². The Balaban J connectivity index is 2.17. The van der Waals surface area contributed by atoms with Crippen molar-refractivity contribution in [1.29, 1.82) is 0 Å². The number of esters is 1. The molecule has 0 unspecified atom stereocenters. The second-order valence-electron chi connectivity index (χ2n) is 6.16. The number of pyridine rings is 1. The Morgan fingerprint density at radius 3 is 2.60 bits per heavy atom. The molecule has 0 spiro atoms. The molecule has 0 saturated heterocycles. The minimum atomic E-state index is -0.371. The molecule has 0 radical (unpaired) electrons.